The summed E-state index contributed by atoms with van der Waals surface area (Å²) in [6, 6.07) is 8.69. The molecule has 5 aliphatic rings. The molecule has 0 radical (unpaired) electrons. The molecule has 1 amide bonds. The van der Waals surface area contributed by atoms with E-state index in [4.69, 9.17) is 0 Å². The van der Waals surface area contributed by atoms with Gasteiger partial charge in [0.2, 0.25) is 5.91 Å². The molecule has 4 saturated carbocycles. The Balaban J connectivity index is 1.34. The van der Waals surface area contributed by atoms with Crippen molar-refractivity contribution in [1.29, 1.82) is 0 Å². The molecule has 1 aromatic carbocycles. The molecule has 0 N–H and O–H groups in total. The van der Waals surface area contributed by atoms with Gasteiger partial charge in [-0.15, -0.1) is 0 Å². The van der Waals surface area contributed by atoms with Gasteiger partial charge >= 0.3 is 0 Å². The Bertz CT molecular complexity index is 782. The first-order valence-corrected chi connectivity index (χ1v) is 11.6. The normalized spacial score (nSPS) is 38.7. The van der Waals surface area contributed by atoms with Crippen molar-refractivity contribution in [3.63, 3.8) is 0 Å². The van der Waals surface area contributed by atoms with Crippen molar-refractivity contribution in [3.8, 4) is 0 Å². The number of hydrogen-bond donors (Lipinski definition) is 0. The number of rotatable bonds is 3. The lowest BCUT2D eigenvalue weighted by molar-refractivity contribution is -0.156. The standard InChI is InChI=1S/C21H27NO3S/c23-20(21-11-15-8-16(12-21)10-17(9-15)13-21)22-7-6-19(14-22)26(24,25)18-4-2-1-3-5-18/h1-5,15-17,19H,6-14H2/t15?,16?,17?,19-,21?/m0/s1. The summed E-state index contributed by atoms with van der Waals surface area (Å²) in [6.07, 6.45) is 7.65. The van der Waals surface area contributed by atoms with Crippen molar-refractivity contribution in [3.05, 3.63) is 30.3 Å². The van der Waals surface area contributed by atoms with Crippen LogP contribution in [0.25, 0.3) is 0 Å². The lowest BCUT2D eigenvalue weighted by Crippen LogP contribution is -2.54. The summed E-state index contributed by atoms with van der Waals surface area (Å²) in [4.78, 5) is 15.7. The predicted octanol–water partition coefficient (Wildman–Crippen LogP) is 3.28. The molecule has 26 heavy (non-hydrogen) atoms. The molecule has 1 aromatic rings. The molecule has 1 aliphatic heterocycles. The molecule has 140 valence electrons. The van der Waals surface area contributed by atoms with Crippen molar-refractivity contribution in [2.24, 2.45) is 23.2 Å². The predicted molar refractivity (Wildman–Crippen MR) is 99.2 cm³/mol. The smallest absolute Gasteiger partial charge is 0.228 e. The fraction of sp³-hybridized carbons (Fsp3) is 0.667. The van der Waals surface area contributed by atoms with Crippen LogP contribution in [0.15, 0.2) is 35.2 Å². The maximum absolute atomic E-state index is 13.4. The van der Waals surface area contributed by atoms with E-state index < -0.39 is 15.1 Å². The molecule has 6 rings (SSSR count). The van der Waals surface area contributed by atoms with Gasteiger partial charge in [0.1, 0.15) is 0 Å². The van der Waals surface area contributed by atoms with Gasteiger partial charge in [0, 0.05) is 13.1 Å². The van der Waals surface area contributed by atoms with E-state index >= 15 is 0 Å². The topological polar surface area (TPSA) is 54.5 Å². The van der Waals surface area contributed by atoms with E-state index in [1.807, 2.05) is 11.0 Å². The number of hydrogen-bond acceptors (Lipinski definition) is 3. The molecule has 4 nitrogen and oxygen atoms in total. The highest BCUT2D eigenvalue weighted by Crippen LogP contribution is 2.60. The van der Waals surface area contributed by atoms with Gasteiger partial charge in [0.05, 0.1) is 15.6 Å². The minimum Gasteiger partial charge on any atom is -0.341 e. The number of nitrogens with zero attached hydrogens (tertiary/aromatic N) is 1. The fourth-order valence-electron chi connectivity index (χ4n) is 6.68. The maximum Gasteiger partial charge on any atom is 0.228 e. The second-order valence-electron chi connectivity index (χ2n) is 9.22. The molecule has 5 heteroatoms. The van der Waals surface area contributed by atoms with Crippen LogP contribution in [0.5, 0.6) is 0 Å². The number of likely N-dealkylation sites (tertiary alicyclic amines) is 1. The summed E-state index contributed by atoms with van der Waals surface area (Å²) < 4.78 is 25.8. The highest BCUT2D eigenvalue weighted by Gasteiger charge is 2.56. The molecule has 1 heterocycles. The Kier molecular flexibility index (Phi) is 3.76. The van der Waals surface area contributed by atoms with E-state index in [1.54, 1.807) is 24.3 Å². The third-order valence-electron chi connectivity index (χ3n) is 7.43. The molecule has 1 saturated heterocycles. The number of sulfone groups is 1. The molecular formula is C21H27NO3S. The summed E-state index contributed by atoms with van der Waals surface area (Å²) in [7, 11) is -3.36. The Morgan fingerprint density at radius 2 is 1.54 bits per heavy atom. The molecule has 0 spiro atoms. The average Bonchev–Trinajstić information content (AvgIpc) is 3.11. The molecule has 4 aliphatic carbocycles. The van der Waals surface area contributed by atoms with E-state index in [1.165, 1.54) is 19.3 Å². The zero-order valence-corrected chi connectivity index (χ0v) is 16.0. The summed E-state index contributed by atoms with van der Waals surface area (Å²) in [5, 5.41) is -0.456. The minimum atomic E-state index is -3.36. The number of benzene rings is 1. The minimum absolute atomic E-state index is 0.167. The quantitative estimate of drug-likeness (QED) is 0.817. The van der Waals surface area contributed by atoms with Gasteiger partial charge in [-0.1, -0.05) is 18.2 Å². The molecule has 5 fully saturated rings. The first-order valence-electron chi connectivity index (χ1n) is 10.0. The van der Waals surface area contributed by atoms with Gasteiger partial charge in [-0.2, -0.15) is 0 Å². The zero-order chi connectivity index (χ0) is 17.9. The van der Waals surface area contributed by atoms with E-state index in [2.05, 4.69) is 0 Å². The number of amides is 1. The van der Waals surface area contributed by atoms with Gasteiger partial charge in [0.15, 0.2) is 9.84 Å². The maximum atomic E-state index is 13.4. The fourth-order valence-corrected chi connectivity index (χ4v) is 8.39. The Morgan fingerprint density at radius 1 is 0.962 bits per heavy atom. The SMILES string of the molecule is O=C(N1CC[C@H](S(=O)(=O)c2ccccc2)C1)C12CC3CC(CC(C3)C1)C2. The average molecular weight is 374 g/mol. The van der Waals surface area contributed by atoms with Crippen molar-refractivity contribution in [2.45, 2.75) is 55.1 Å². The van der Waals surface area contributed by atoms with Crippen molar-refractivity contribution in [2.75, 3.05) is 13.1 Å². The first-order chi connectivity index (χ1) is 12.5. The Hall–Kier alpha value is -1.36. The second kappa shape index (κ2) is 5.82. The van der Waals surface area contributed by atoms with Crippen LogP contribution in [0, 0.1) is 23.2 Å². The van der Waals surface area contributed by atoms with E-state index in [-0.39, 0.29) is 11.3 Å². The van der Waals surface area contributed by atoms with Crippen molar-refractivity contribution < 1.29 is 13.2 Å². The summed E-state index contributed by atoms with van der Waals surface area (Å²) in [5.74, 6) is 2.47. The second-order valence-corrected chi connectivity index (χ2v) is 11.4. The van der Waals surface area contributed by atoms with Crippen LogP contribution in [-0.2, 0) is 14.6 Å². The molecule has 4 bridgehead atoms. The summed E-state index contributed by atoms with van der Waals surface area (Å²) in [6.45, 7) is 0.967. The highest BCUT2D eigenvalue weighted by molar-refractivity contribution is 7.92. The van der Waals surface area contributed by atoms with Crippen LogP contribution in [0.2, 0.25) is 0 Å². The van der Waals surface area contributed by atoms with Crippen LogP contribution in [0.4, 0.5) is 0 Å². The van der Waals surface area contributed by atoms with Crippen LogP contribution < -0.4 is 0 Å². The number of carbonyl (C=O) groups excluding carboxylic acids is 1. The van der Waals surface area contributed by atoms with Crippen LogP contribution in [0.1, 0.15) is 44.9 Å². The largest absolute Gasteiger partial charge is 0.341 e. The molecule has 0 aromatic heterocycles. The monoisotopic (exact) mass is 373 g/mol. The van der Waals surface area contributed by atoms with E-state index in [0.29, 0.717) is 24.4 Å². The molecular weight excluding hydrogens is 346 g/mol. The van der Waals surface area contributed by atoms with Crippen LogP contribution in [-0.4, -0.2) is 37.6 Å². The highest BCUT2D eigenvalue weighted by atomic mass is 32.2. The number of carbonyl (C=O) groups is 1. The van der Waals surface area contributed by atoms with Gasteiger partial charge in [-0.25, -0.2) is 8.42 Å². The summed E-state index contributed by atoms with van der Waals surface area (Å²) in [5.41, 5.74) is -0.167. The molecule has 0 unspecified atom stereocenters. The Morgan fingerprint density at radius 3 is 2.12 bits per heavy atom. The van der Waals surface area contributed by atoms with Crippen LogP contribution >= 0.6 is 0 Å². The van der Waals surface area contributed by atoms with Crippen molar-refractivity contribution >= 4 is 15.7 Å². The zero-order valence-electron chi connectivity index (χ0n) is 15.1. The lowest BCUT2D eigenvalue weighted by atomic mass is 9.49. The third-order valence-corrected chi connectivity index (χ3v) is 9.63. The van der Waals surface area contributed by atoms with Gasteiger partial charge in [0.25, 0.3) is 0 Å². The Labute approximate surface area is 155 Å². The third kappa shape index (κ3) is 2.54. The lowest BCUT2D eigenvalue weighted by Gasteiger charge is -2.56. The van der Waals surface area contributed by atoms with Crippen molar-refractivity contribution in [1.82, 2.24) is 4.90 Å². The van der Waals surface area contributed by atoms with E-state index in [0.717, 1.165) is 37.0 Å². The van der Waals surface area contributed by atoms with E-state index in [9.17, 15) is 13.2 Å². The van der Waals surface area contributed by atoms with Crippen LogP contribution in [0.3, 0.4) is 0 Å². The first kappa shape index (κ1) is 16.8. The van der Waals surface area contributed by atoms with Gasteiger partial charge < -0.3 is 4.90 Å². The van der Waals surface area contributed by atoms with Gasteiger partial charge in [-0.3, -0.25) is 4.79 Å². The molecule has 1 atom stereocenters. The van der Waals surface area contributed by atoms with Gasteiger partial charge in [-0.05, 0) is 74.8 Å². The summed E-state index contributed by atoms with van der Waals surface area (Å²) >= 11 is 0.